The molecule has 0 unspecified atom stereocenters. The highest BCUT2D eigenvalue weighted by atomic mass is 16.2. The van der Waals surface area contributed by atoms with Gasteiger partial charge in [0.1, 0.15) is 5.41 Å². The fourth-order valence-electron chi connectivity index (χ4n) is 2.86. The molecule has 4 heteroatoms. The average Bonchev–Trinajstić information content (AvgIpc) is 2.53. The van der Waals surface area contributed by atoms with Gasteiger partial charge in [-0.05, 0) is 43.7 Å². The van der Waals surface area contributed by atoms with Crippen LogP contribution < -0.4 is 5.32 Å². The summed E-state index contributed by atoms with van der Waals surface area (Å²) in [7, 11) is 0. The lowest BCUT2D eigenvalue weighted by Gasteiger charge is -2.34. The lowest BCUT2D eigenvalue weighted by Crippen LogP contribution is -2.50. The highest BCUT2D eigenvalue weighted by Crippen LogP contribution is 2.25. The Morgan fingerprint density at radius 3 is 2.52 bits per heavy atom. The smallest absolute Gasteiger partial charge is 0.238 e. The fraction of sp³-hybridized carbons (Fsp3) is 0.579. The summed E-state index contributed by atoms with van der Waals surface area (Å²) in [6.07, 6.45) is 1.78. The molecule has 0 aliphatic carbocycles. The van der Waals surface area contributed by atoms with Gasteiger partial charge in [-0.3, -0.25) is 9.59 Å². The third-order valence-corrected chi connectivity index (χ3v) is 4.53. The van der Waals surface area contributed by atoms with E-state index in [4.69, 9.17) is 0 Å². The van der Waals surface area contributed by atoms with E-state index in [0.29, 0.717) is 25.6 Å². The van der Waals surface area contributed by atoms with Crippen LogP contribution in [-0.4, -0.2) is 29.8 Å². The summed E-state index contributed by atoms with van der Waals surface area (Å²) >= 11 is 0. The minimum absolute atomic E-state index is 0.0888. The first kappa shape index (κ1) is 17.5. The molecule has 0 radical (unpaired) electrons. The summed E-state index contributed by atoms with van der Waals surface area (Å²) in [4.78, 5) is 27.1. The van der Waals surface area contributed by atoms with Gasteiger partial charge in [-0.25, -0.2) is 0 Å². The van der Waals surface area contributed by atoms with Crippen LogP contribution in [0.3, 0.4) is 0 Å². The van der Waals surface area contributed by atoms with Gasteiger partial charge >= 0.3 is 0 Å². The number of carbonyl (C=O) groups is 2. The number of nitrogens with one attached hydrogen (secondary N) is 1. The fourth-order valence-corrected chi connectivity index (χ4v) is 2.86. The molecule has 4 nitrogen and oxygen atoms in total. The van der Waals surface area contributed by atoms with Crippen LogP contribution >= 0.6 is 0 Å². The maximum Gasteiger partial charge on any atom is 0.238 e. The van der Waals surface area contributed by atoms with Crippen LogP contribution in [0.15, 0.2) is 24.3 Å². The van der Waals surface area contributed by atoms with Crippen molar-refractivity contribution in [2.75, 3.05) is 13.1 Å². The number of hydrogen-bond donors (Lipinski definition) is 1. The number of benzene rings is 1. The first-order chi connectivity index (χ1) is 10.8. The van der Waals surface area contributed by atoms with Gasteiger partial charge in [-0.2, -0.15) is 0 Å². The third kappa shape index (κ3) is 4.12. The number of amides is 2. The van der Waals surface area contributed by atoms with E-state index in [1.165, 1.54) is 11.1 Å². The van der Waals surface area contributed by atoms with Crippen LogP contribution in [0.2, 0.25) is 0 Å². The SMILES string of the molecule is CC(C)CCNC(=O)C(C)(C)C(=O)N1CCc2ccccc2C1. The van der Waals surface area contributed by atoms with Crippen molar-refractivity contribution >= 4 is 11.8 Å². The monoisotopic (exact) mass is 316 g/mol. The molecule has 0 spiro atoms. The maximum atomic E-state index is 12.8. The second-order valence-corrected chi connectivity index (χ2v) is 7.31. The Hall–Kier alpha value is -1.84. The van der Waals surface area contributed by atoms with Crippen LogP contribution in [0, 0.1) is 11.3 Å². The van der Waals surface area contributed by atoms with Crippen LogP contribution in [0.4, 0.5) is 0 Å². The van der Waals surface area contributed by atoms with Crippen LogP contribution in [0.25, 0.3) is 0 Å². The predicted molar refractivity (Wildman–Crippen MR) is 91.8 cm³/mol. The molecule has 0 aromatic heterocycles. The molecule has 0 fully saturated rings. The van der Waals surface area contributed by atoms with Gasteiger partial charge in [-0.15, -0.1) is 0 Å². The number of rotatable bonds is 5. The van der Waals surface area contributed by atoms with Crippen LogP contribution in [-0.2, 0) is 22.6 Å². The molecule has 0 atom stereocenters. The second kappa shape index (κ2) is 7.16. The number of fused-ring (bicyclic) bond motifs is 1. The summed E-state index contributed by atoms with van der Waals surface area (Å²) in [5.74, 6) is 0.267. The zero-order chi connectivity index (χ0) is 17.0. The molecule has 1 aliphatic heterocycles. The van der Waals surface area contributed by atoms with E-state index in [1.807, 2.05) is 17.0 Å². The van der Waals surface area contributed by atoms with Gasteiger partial charge in [0.05, 0.1) is 0 Å². The molecule has 0 saturated carbocycles. The summed E-state index contributed by atoms with van der Waals surface area (Å²) in [5.41, 5.74) is 1.46. The Morgan fingerprint density at radius 2 is 1.87 bits per heavy atom. The molecule has 2 amide bonds. The quantitative estimate of drug-likeness (QED) is 0.849. The lowest BCUT2D eigenvalue weighted by molar-refractivity contribution is -0.149. The van der Waals surface area contributed by atoms with Crippen molar-refractivity contribution in [2.24, 2.45) is 11.3 Å². The molecular weight excluding hydrogens is 288 g/mol. The normalized spacial score (nSPS) is 14.6. The molecule has 1 aromatic rings. The van der Waals surface area contributed by atoms with E-state index in [1.54, 1.807) is 13.8 Å². The highest BCUT2D eigenvalue weighted by molar-refractivity contribution is 6.04. The Bertz CT molecular complexity index is 578. The molecule has 1 heterocycles. The van der Waals surface area contributed by atoms with Crippen molar-refractivity contribution in [1.82, 2.24) is 10.2 Å². The molecule has 0 saturated heterocycles. The van der Waals surface area contributed by atoms with Crippen LogP contribution in [0.1, 0.15) is 45.2 Å². The molecule has 126 valence electrons. The van der Waals surface area contributed by atoms with Crippen molar-refractivity contribution in [3.05, 3.63) is 35.4 Å². The minimum atomic E-state index is -1.02. The van der Waals surface area contributed by atoms with Crippen LogP contribution in [0.5, 0.6) is 0 Å². The molecule has 1 N–H and O–H groups in total. The van der Waals surface area contributed by atoms with Crippen molar-refractivity contribution in [3.8, 4) is 0 Å². The van der Waals surface area contributed by atoms with Crippen molar-refractivity contribution in [1.29, 1.82) is 0 Å². The lowest BCUT2D eigenvalue weighted by atomic mass is 9.88. The van der Waals surface area contributed by atoms with Gasteiger partial charge in [0.2, 0.25) is 11.8 Å². The largest absolute Gasteiger partial charge is 0.355 e. The summed E-state index contributed by atoms with van der Waals surface area (Å²) < 4.78 is 0. The predicted octanol–water partition coefficient (Wildman–Crippen LogP) is 2.76. The van der Waals surface area contributed by atoms with E-state index in [9.17, 15) is 9.59 Å². The van der Waals surface area contributed by atoms with Crippen molar-refractivity contribution < 1.29 is 9.59 Å². The zero-order valence-electron chi connectivity index (χ0n) is 14.7. The molecule has 1 aromatic carbocycles. The molecule has 2 rings (SSSR count). The van der Waals surface area contributed by atoms with E-state index in [0.717, 1.165) is 12.8 Å². The van der Waals surface area contributed by atoms with Crippen molar-refractivity contribution in [3.63, 3.8) is 0 Å². The third-order valence-electron chi connectivity index (χ3n) is 4.53. The van der Waals surface area contributed by atoms with Gasteiger partial charge in [0, 0.05) is 19.6 Å². The first-order valence-electron chi connectivity index (χ1n) is 8.47. The van der Waals surface area contributed by atoms with Gasteiger partial charge in [0.25, 0.3) is 0 Å². The minimum Gasteiger partial charge on any atom is -0.355 e. The average molecular weight is 316 g/mol. The second-order valence-electron chi connectivity index (χ2n) is 7.31. The summed E-state index contributed by atoms with van der Waals surface area (Å²) in [6, 6.07) is 8.20. The summed E-state index contributed by atoms with van der Waals surface area (Å²) in [5, 5.41) is 2.91. The van der Waals surface area contributed by atoms with E-state index < -0.39 is 5.41 Å². The molecule has 1 aliphatic rings. The topological polar surface area (TPSA) is 49.4 Å². The molecule has 0 bridgehead atoms. The van der Waals surface area contributed by atoms with Gasteiger partial charge in [0.15, 0.2) is 0 Å². The zero-order valence-corrected chi connectivity index (χ0v) is 14.7. The number of carbonyl (C=O) groups excluding carboxylic acids is 2. The Kier molecular flexibility index (Phi) is 5.45. The number of nitrogens with zero attached hydrogens (tertiary/aromatic N) is 1. The number of hydrogen-bond acceptors (Lipinski definition) is 2. The Balaban J connectivity index is 2.00. The van der Waals surface area contributed by atoms with Gasteiger partial charge < -0.3 is 10.2 Å². The van der Waals surface area contributed by atoms with Crippen molar-refractivity contribution in [2.45, 2.75) is 47.1 Å². The molecule has 23 heavy (non-hydrogen) atoms. The maximum absolute atomic E-state index is 12.8. The van der Waals surface area contributed by atoms with E-state index in [-0.39, 0.29) is 11.8 Å². The van der Waals surface area contributed by atoms with Gasteiger partial charge in [-0.1, -0.05) is 38.1 Å². The standard InChI is InChI=1S/C19H28N2O2/c1-14(2)9-11-20-17(22)19(3,4)18(23)21-12-10-15-7-5-6-8-16(15)13-21/h5-8,14H,9-13H2,1-4H3,(H,20,22). The Morgan fingerprint density at radius 1 is 1.22 bits per heavy atom. The highest BCUT2D eigenvalue weighted by Gasteiger charge is 2.39. The Labute approximate surface area is 139 Å². The first-order valence-corrected chi connectivity index (χ1v) is 8.47. The molecular formula is C19H28N2O2. The van der Waals surface area contributed by atoms with E-state index in [2.05, 4.69) is 31.3 Å². The summed E-state index contributed by atoms with van der Waals surface area (Å²) in [6.45, 7) is 9.58. The van der Waals surface area contributed by atoms with E-state index >= 15 is 0 Å².